The van der Waals surface area contributed by atoms with Gasteiger partial charge in [-0.05, 0) is 31.2 Å². The molecule has 0 aliphatic rings. The number of oxazole rings is 1. The van der Waals surface area contributed by atoms with Crippen molar-refractivity contribution < 1.29 is 9.21 Å². The Morgan fingerprint density at radius 1 is 1.21 bits per heavy atom. The minimum absolute atomic E-state index is 0.0922. The van der Waals surface area contributed by atoms with Crippen molar-refractivity contribution >= 4 is 28.5 Å². The van der Waals surface area contributed by atoms with Crippen LogP contribution >= 0.6 is 11.6 Å². The zero-order valence-corrected chi connectivity index (χ0v) is 16.0. The Bertz CT molecular complexity index is 1090. The van der Waals surface area contributed by atoms with Gasteiger partial charge in [-0.25, -0.2) is 9.97 Å². The summed E-state index contributed by atoms with van der Waals surface area (Å²) >= 11 is 6.18. The summed E-state index contributed by atoms with van der Waals surface area (Å²) in [6, 6.07) is 15.0. The molecule has 0 fully saturated rings. The molecule has 142 valence electrons. The number of hydrogen-bond acceptors (Lipinski definition) is 4. The molecule has 4 aromatic rings. The lowest BCUT2D eigenvalue weighted by Crippen LogP contribution is -2.27. The highest BCUT2D eigenvalue weighted by Gasteiger charge is 2.15. The molecule has 6 nitrogen and oxygen atoms in total. The fraction of sp³-hybridized carbons (Fsp3) is 0.190. The highest BCUT2D eigenvalue weighted by Crippen LogP contribution is 2.28. The second kappa shape index (κ2) is 7.86. The predicted octanol–water partition coefficient (Wildman–Crippen LogP) is 4.68. The predicted molar refractivity (Wildman–Crippen MR) is 108 cm³/mol. The van der Waals surface area contributed by atoms with E-state index >= 15 is 0 Å². The molecule has 0 saturated carbocycles. The van der Waals surface area contributed by atoms with Crippen molar-refractivity contribution in [2.75, 3.05) is 0 Å². The van der Waals surface area contributed by atoms with Crippen LogP contribution in [0, 0.1) is 0 Å². The monoisotopic (exact) mass is 394 g/mol. The first kappa shape index (κ1) is 18.3. The third kappa shape index (κ3) is 3.92. The van der Waals surface area contributed by atoms with Crippen LogP contribution in [0.25, 0.3) is 22.4 Å². The number of benzene rings is 2. The molecular weight excluding hydrogens is 376 g/mol. The molecule has 4 rings (SSSR count). The summed E-state index contributed by atoms with van der Waals surface area (Å²) in [6.07, 6.45) is 2.31. The summed E-state index contributed by atoms with van der Waals surface area (Å²) in [5.41, 5.74) is 2.61. The van der Waals surface area contributed by atoms with Gasteiger partial charge >= 0.3 is 0 Å². The second-order valence-corrected chi connectivity index (χ2v) is 6.93. The Kier molecular flexibility index (Phi) is 5.12. The van der Waals surface area contributed by atoms with Crippen LogP contribution in [-0.2, 0) is 11.2 Å². The zero-order valence-electron chi connectivity index (χ0n) is 15.3. The van der Waals surface area contributed by atoms with Crippen molar-refractivity contribution in [1.82, 2.24) is 20.3 Å². The Morgan fingerprint density at radius 3 is 2.82 bits per heavy atom. The van der Waals surface area contributed by atoms with Crippen molar-refractivity contribution in [3.05, 3.63) is 71.5 Å². The minimum atomic E-state index is -0.219. The minimum Gasteiger partial charge on any atom is -0.441 e. The smallest absolute Gasteiger partial charge is 0.221 e. The first-order valence-electron chi connectivity index (χ1n) is 9.04. The van der Waals surface area contributed by atoms with Gasteiger partial charge in [0.2, 0.25) is 5.91 Å². The average molecular weight is 395 g/mol. The quantitative estimate of drug-likeness (QED) is 0.497. The maximum absolute atomic E-state index is 12.3. The van der Waals surface area contributed by atoms with Gasteiger partial charge in [0.1, 0.15) is 5.82 Å². The second-order valence-electron chi connectivity index (χ2n) is 6.53. The molecule has 1 atom stereocenters. The number of para-hydroxylation sites is 2. The van der Waals surface area contributed by atoms with E-state index in [9.17, 15) is 4.79 Å². The Balaban J connectivity index is 1.35. The van der Waals surface area contributed by atoms with E-state index in [1.165, 1.54) is 0 Å². The Hall–Kier alpha value is -3.12. The SMILES string of the molecule is CC(NC(=O)CCc1ncc(-c2ccccc2Cl)o1)c1nc2ccccc2[nH]1. The summed E-state index contributed by atoms with van der Waals surface area (Å²) in [5, 5.41) is 3.55. The van der Waals surface area contributed by atoms with E-state index in [2.05, 4.69) is 20.3 Å². The summed E-state index contributed by atoms with van der Waals surface area (Å²) in [7, 11) is 0. The number of aryl methyl sites for hydroxylation is 1. The number of carbonyl (C=O) groups excluding carboxylic acids is 1. The van der Waals surface area contributed by atoms with Crippen LogP contribution in [-0.4, -0.2) is 20.9 Å². The number of nitrogens with one attached hydrogen (secondary N) is 2. The molecule has 0 aliphatic carbocycles. The highest BCUT2D eigenvalue weighted by molar-refractivity contribution is 6.33. The molecule has 2 heterocycles. The summed E-state index contributed by atoms with van der Waals surface area (Å²) in [5.74, 6) is 1.73. The van der Waals surface area contributed by atoms with Gasteiger partial charge in [0, 0.05) is 18.4 Å². The van der Waals surface area contributed by atoms with Crippen LogP contribution in [0.1, 0.15) is 31.1 Å². The number of halogens is 1. The topological polar surface area (TPSA) is 83.8 Å². The first-order chi connectivity index (χ1) is 13.6. The molecule has 0 radical (unpaired) electrons. The molecule has 2 N–H and O–H groups in total. The van der Waals surface area contributed by atoms with E-state index in [1.807, 2.05) is 49.4 Å². The van der Waals surface area contributed by atoms with Gasteiger partial charge in [-0.15, -0.1) is 0 Å². The molecule has 1 unspecified atom stereocenters. The average Bonchev–Trinajstić information content (AvgIpc) is 3.34. The molecule has 0 saturated heterocycles. The van der Waals surface area contributed by atoms with Gasteiger partial charge < -0.3 is 14.7 Å². The van der Waals surface area contributed by atoms with Crippen molar-refractivity contribution in [3.63, 3.8) is 0 Å². The number of aromatic nitrogens is 3. The zero-order chi connectivity index (χ0) is 19.5. The lowest BCUT2D eigenvalue weighted by Gasteiger charge is -2.10. The molecule has 0 spiro atoms. The molecule has 7 heteroatoms. The van der Waals surface area contributed by atoms with E-state index in [0.717, 1.165) is 22.4 Å². The van der Waals surface area contributed by atoms with Crippen molar-refractivity contribution in [1.29, 1.82) is 0 Å². The van der Waals surface area contributed by atoms with Crippen LogP contribution in [0.3, 0.4) is 0 Å². The van der Waals surface area contributed by atoms with E-state index in [0.29, 0.717) is 23.1 Å². The number of H-pyrrole nitrogens is 1. The van der Waals surface area contributed by atoms with Crippen LogP contribution in [0.2, 0.25) is 5.02 Å². The number of carbonyl (C=O) groups is 1. The van der Waals surface area contributed by atoms with E-state index < -0.39 is 0 Å². The maximum Gasteiger partial charge on any atom is 0.221 e. The Labute approximate surface area is 167 Å². The first-order valence-corrected chi connectivity index (χ1v) is 9.41. The van der Waals surface area contributed by atoms with E-state index in [-0.39, 0.29) is 18.4 Å². The van der Waals surface area contributed by atoms with Gasteiger partial charge in [-0.2, -0.15) is 0 Å². The van der Waals surface area contributed by atoms with Crippen molar-refractivity contribution in [2.45, 2.75) is 25.8 Å². The molecule has 2 aromatic heterocycles. The van der Waals surface area contributed by atoms with Crippen LogP contribution in [0.4, 0.5) is 0 Å². The largest absolute Gasteiger partial charge is 0.441 e. The summed E-state index contributed by atoms with van der Waals surface area (Å²) in [4.78, 5) is 24.3. The molecule has 28 heavy (non-hydrogen) atoms. The fourth-order valence-electron chi connectivity index (χ4n) is 2.99. The van der Waals surface area contributed by atoms with Gasteiger partial charge in [-0.3, -0.25) is 4.79 Å². The van der Waals surface area contributed by atoms with E-state index in [4.69, 9.17) is 16.0 Å². The molecule has 0 aliphatic heterocycles. The van der Waals surface area contributed by atoms with Crippen LogP contribution in [0.5, 0.6) is 0 Å². The van der Waals surface area contributed by atoms with Crippen molar-refractivity contribution in [2.24, 2.45) is 0 Å². The lowest BCUT2D eigenvalue weighted by molar-refractivity contribution is -0.121. The molecule has 2 aromatic carbocycles. The van der Waals surface area contributed by atoms with Crippen LogP contribution in [0.15, 0.2) is 59.1 Å². The number of rotatable bonds is 6. The van der Waals surface area contributed by atoms with Gasteiger partial charge in [0.25, 0.3) is 0 Å². The Morgan fingerprint density at radius 2 is 2.00 bits per heavy atom. The number of amides is 1. The van der Waals surface area contributed by atoms with Gasteiger partial charge in [0.15, 0.2) is 11.7 Å². The third-order valence-corrected chi connectivity index (χ3v) is 4.78. The van der Waals surface area contributed by atoms with E-state index in [1.54, 1.807) is 12.3 Å². The van der Waals surface area contributed by atoms with Crippen LogP contribution < -0.4 is 5.32 Å². The molecule has 0 bridgehead atoms. The number of imidazole rings is 1. The van der Waals surface area contributed by atoms with Gasteiger partial charge in [-0.1, -0.05) is 35.9 Å². The number of hydrogen-bond donors (Lipinski definition) is 2. The molecular formula is C21H19ClN4O2. The van der Waals surface area contributed by atoms with Gasteiger partial charge in [0.05, 0.1) is 28.3 Å². The van der Waals surface area contributed by atoms with Crippen molar-refractivity contribution in [3.8, 4) is 11.3 Å². The number of fused-ring (bicyclic) bond motifs is 1. The standard InChI is InChI=1S/C21H19ClN4O2/c1-13(21-25-16-8-4-5-9-17(16)26-21)24-19(27)10-11-20-23-12-18(28-20)14-6-2-3-7-15(14)22/h2-9,12-13H,10-11H2,1H3,(H,24,27)(H,25,26). The maximum atomic E-state index is 12.3. The molecule has 1 amide bonds. The summed E-state index contributed by atoms with van der Waals surface area (Å²) in [6.45, 7) is 1.90. The fourth-order valence-corrected chi connectivity index (χ4v) is 3.22. The summed E-state index contributed by atoms with van der Waals surface area (Å²) < 4.78 is 5.74. The highest BCUT2D eigenvalue weighted by atomic mass is 35.5. The normalized spacial score (nSPS) is 12.2. The number of aromatic amines is 1. The number of nitrogens with zero attached hydrogens (tertiary/aromatic N) is 2. The lowest BCUT2D eigenvalue weighted by atomic mass is 10.2. The third-order valence-electron chi connectivity index (χ3n) is 4.45.